The van der Waals surface area contributed by atoms with Crippen LogP contribution in [0.1, 0.15) is 5.56 Å². The Balaban J connectivity index is 2.73. The molecular weight excluding hydrogens is 140 g/mol. The average Bonchev–Trinajstić information content (AvgIpc) is 2.04. The van der Waals surface area contributed by atoms with Gasteiger partial charge in [0.1, 0.15) is 5.75 Å². The van der Waals surface area contributed by atoms with Crippen molar-refractivity contribution in [2.75, 3.05) is 6.61 Å². The first-order valence-electron chi connectivity index (χ1n) is 3.39. The third-order valence-electron chi connectivity index (χ3n) is 1.31. The van der Waals surface area contributed by atoms with Crippen LogP contribution in [0, 0.1) is 0 Å². The van der Waals surface area contributed by atoms with Gasteiger partial charge in [0.15, 0.2) is 0 Å². The molecular formula is C9H10O2. The molecule has 58 valence electrons. The lowest BCUT2D eigenvalue weighted by Crippen LogP contribution is -1.73. The Morgan fingerprint density at radius 3 is 2.36 bits per heavy atom. The number of aromatic hydroxyl groups is 1. The summed E-state index contributed by atoms with van der Waals surface area (Å²) in [7, 11) is 0. The van der Waals surface area contributed by atoms with Gasteiger partial charge in [0, 0.05) is 0 Å². The molecule has 2 N–H and O–H groups in total. The molecule has 0 amide bonds. The fraction of sp³-hybridized carbons (Fsp3) is 0.111. The molecule has 0 bridgehead atoms. The number of benzene rings is 1. The quantitative estimate of drug-likeness (QED) is 0.669. The number of phenols is 1. The van der Waals surface area contributed by atoms with E-state index in [-0.39, 0.29) is 12.4 Å². The van der Waals surface area contributed by atoms with Gasteiger partial charge >= 0.3 is 0 Å². The van der Waals surface area contributed by atoms with Crippen LogP contribution in [0.2, 0.25) is 0 Å². The molecule has 0 aromatic heterocycles. The largest absolute Gasteiger partial charge is 0.508 e. The van der Waals surface area contributed by atoms with Gasteiger partial charge in [-0.1, -0.05) is 24.3 Å². The molecule has 0 unspecified atom stereocenters. The summed E-state index contributed by atoms with van der Waals surface area (Å²) in [5.74, 6) is 0.256. The SMILES string of the molecule is OCC=Cc1ccc(O)cc1. The Labute approximate surface area is 65.4 Å². The molecule has 2 heteroatoms. The van der Waals surface area contributed by atoms with Crippen molar-refractivity contribution in [3.05, 3.63) is 35.9 Å². The van der Waals surface area contributed by atoms with E-state index in [2.05, 4.69) is 0 Å². The van der Waals surface area contributed by atoms with Crippen LogP contribution >= 0.6 is 0 Å². The number of hydrogen-bond acceptors (Lipinski definition) is 2. The Hall–Kier alpha value is -1.28. The molecule has 0 aliphatic rings. The molecule has 0 saturated heterocycles. The maximum absolute atomic E-state index is 8.91. The summed E-state index contributed by atoms with van der Waals surface area (Å²) < 4.78 is 0. The van der Waals surface area contributed by atoms with Crippen molar-refractivity contribution >= 4 is 6.08 Å². The zero-order valence-electron chi connectivity index (χ0n) is 6.07. The molecule has 0 aliphatic carbocycles. The van der Waals surface area contributed by atoms with Crippen LogP contribution in [0.15, 0.2) is 30.3 Å². The van der Waals surface area contributed by atoms with Gasteiger partial charge in [-0.25, -0.2) is 0 Å². The summed E-state index contributed by atoms with van der Waals surface area (Å²) in [5, 5.41) is 17.4. The van der Waals surface area contributed by atoms with Crippen LogP contribution < -0.4 is 0 Å². The Morgan fingerprint density at radius 2 is 1.82 bits per heavy atom. The second-order valence-electron chi connectivity index (χ2n) is 2.18. The summed E-state index contributed by atoms with van der Waals surface area (Å²) in [6, 6.07) is 6.77. The molecule has 2 nitrogen and oxygen atoms in total. The van der Waals surface area contributed by atoms with Crippen molar-refractivity contribution in [1.29, 1.82) is 0 Å². The van der Waals surface area contributed by atoms with Gasteiger partial charge in [0.05, 0.1) is 6.61 Å². The maximum Gasteiger partial charge on any atom is 0.115 e. The maximum atomic E-state index is 8.91. The van der Waals surface area contributed by atoms with E-state index in [0.717, 1.165) is 5.56 Å². The van der Waals surface area contributed by atoms with Crippen molar-refractivity contribution in [2.24, 2.45) is 0 Å². The first-order chi connectivity index (χ1) is 5.33. The summed E-state index contributed by atoms with van der Waals surface area (Å²) in [6.07, 6.45) is 3.44. The van der Waals surface area contributed by atoms with E-state index in [1.165, 1.54) is 0 Å². The van der Waals surface area contributed by atoms with E-state index in [4.69, 9.17) is 10.2 Å². The van der Waals surface area contributed by atoms with E-state index in [0.29, 0.717) is 0 Å². The topological polar surface area (TPSA) is 40.5 Å². The molecule has 0 radical (unpaired) electrons. The third kappa shape index (κ3) is 2.43. The highest BCUT2D eigenvalue weighted by molar-refractivity contribution is 5.50. The van der Waals surface area contributed by atoms with Gasteiger partial charge in [0.25, 0.3) is 0 Å². The van der Waals surface area contributed by atoms with Crippen molar-refractivity contribution < 1.29 is 10.2 Å². The van der Waals surface area contributed by atoms with Gasteiger partial charge in [-0.05, 0) is 17.7 Å². The normalized spacial score (nSPS) is 10.6. The van der Waals surface area contributed by atoms with Crippen LogP contribution in [0.5, 0.6) is 5.75 Å². The minimum Gasteiger partial charge on any atom is -0.508 e. The highest BCUT2D eigenvalue weighted by Gasteiger charge is 1.85. The minimum atomic E-state index is 0.0425. The number of phenolic OH excluding ortho intramolecular Hbond substituents is 1. The molecule has 0 atom stereocenters. The summed E-state index contributed by atoms with van der Waals surface area (Å²) >= 11 is 0. The lowest BCUT2D eigenvalue weighted by Gasteiger charge is -1.92. The predicted molar refractivity (Wildman–Crippen MR) is 44.2 cm³/mol. The summed E-state index contributed by atoms with van der Waals surface area (Å²) in [5.41, 5.74) is 0.969. The van der Waals surface area contributed by atoms with E-state index in [9.17, 15) is 0 Å². The molecule has 0 fully saturated rings. The molecule has 1 rings (SSSR count). The first kappa shape index (κ1) is 7.82. The molecule has 0 aliphatic heterocycles. The lowest BCUT2D eigenvalue weighted by atomic mass is 10.2. The second-order valence-corrected chi connectivity index (χ2v) is 2.18. The second kappa shape index (κ2) is 3.78. The number of rotatable bonds is 2. The first-order valence-corrected chi connectivity index (χ1v) is 3.39. The number of hydrogen-bond donors (Lipinski definition) is 2. The number of aliphatic hydroxyl groups excluding tert-OH is 1. The Bertz CT molecular complexity index is 236. The van der Waals surface area contributed by atoms with Crippen LogP contribution in [0.3, 0.4) is 0 Å². The molecule has 0 saturated carbocycles. The lowest BCUT2D eigenvalue weighted by molar-refractivity contribution is 0.343. The van der Waals surface area contributed by atoms with Gasteiger partial charge in [-0.15, -0.1) is 0 Å². The van der Waals surface area contributed by atoms with Crippen molar-refractivity contribution in [3.8, 4) is 5.75 Å². The van der Waals surface area contributed by atoms with E-state index >= 15 is 0 Å². The monoisotopic (exact) mass is 150 g/mol. The molecule has 1 aromatic rings. The van der Waals surface area contributed by atoms with Gasteiger partial charge in [-0.3, -0.25) is 0 Å². The number of aliphatic hydroxyl groups is 1. The third-order valence-corrected chi connectivity index (χ3v) is 1.31. The smallest absolute Gasteiger partial charge is 0.115 e. The summed E-state index contributed by atoms with van der Waals surface area (Å²) in [6.45, 7) is 0.0425. The summed E-state index contributed by atoms with van der Waals surface area (Å²) in [4.78, 5) is 0. The van der Waals surface area contributed by atoms with E-state index < -0.39 is 0 Å². The molecule has 1 aromatic carbocycles. The van der Waals surface area contributed by atoms with Crippen LogP contribution in [0.25, 0.3) is 6.08 Å². The molecule has 11 heavy (non-hydrogen) atoms. The average molecular weight is 150 g/mol. The van der Waals surface area contributed by atoms with Gasteiger partial charge in [0.2, 0.25) is 0 Å². The fourth-order valence-corrected chi connectivity index (χ4v) is 0.774. The van der Waals surface area contributed by atoms with Crippen molar-refractivity contribution in [3.63, 3.8) is 0 Å². The standard InChI is InChI=1S/C9H10O2/c10-7-1-2-8-3-5-9(11)6-4-8/h1-6,10-11H,7H2. The predicted octanol–water partition coefficient (Wildman–Crippen LogP) is 1.40. The zero-order valence-corrected chi connectivity index (χ0v) is 6.07. The highest BCUT2D eigenvalue weighted by Crippen LogP contribution is 2.10. The van der Waals surface area contributed by atoms with Crippen molar-refractivity contribution in [1.82, 2.24) is 0 Å². The van der Waals surface area contributed by atoms with Gasteiger partial charge in [-0.2, -0.15) is 0 Å². The molecule has 0 spiro atoms. The van der Waals surface area contributed by atoms with Crippen molar-refractivity contribution in [2.45, 2.75) is 0 Å². The van der Waals surface area contributed by atoms with E-state index in [1.807, 2.05) is 0 Å². The zero-order chi connectivity index (χ0) is 8.10. The molecule has 0 heterocycles. The van der Waals surface area contributed by atoms with Crippen LogP contribution in [0.4, 0.5) is 0 Å². The highest BCUT2D eigenvalue weighted by atomic mass is 16.3. The Morgan fingerprint density at radius 1 is 1.18 bits per heavy atom. The Kier molecular flexibility index (Phi) is 2.69. The minimum absolute atomic E-state index is 0.0425. The van der Waals surface area contributed by atoms with Gasteiger partial charge < -0.3 is 10.2 Å². The fourth-order valence-electron chi connectivity index (χ4n) is 0.774. The van der Waals surface area contributed by atoms with E-state index in [1.54, 1.807) is 36.4 Å². The van der Waals surface area contributed by atoms with Crippen LogP contribution in [-0.2, 0) is 0 Å². The van der Waals surface area contributed by atoms with Crippen LogP contribution in [-0.4, -0.2) is 16.8 Å².